The zero-order valence-corrected chi connectivity index (χ0v) is 19.1. The molecule has 1 aromatic carbocycles. The van der Waals surface area contributed by atoms with Gasteiger partial charge in [0, 0.05) is 29.2 Å². The van der Waals surface area contributed by atoms with E-state index in [9.17, 15) is 4.79 Å². The fourth-order valence-corrected chi connectivity index (χ4v) is 6.61. The Morgan fingerprint density at radius 3 is 2.79 bits per heavy atom. The zero-order chi connectivity index (χ0) is 20.0. The normalized spacial score (nSPS) is 31.3. The summed E-state index contributed by atoms with van der Waals surface area (Å²) < 4.78 is 0.965. The van der Waals surface area contributed by atoms with E-state index in [1.54, 1.807) is 5.57 Å². The summed E-state index contributed by atoms with van der Waals surface area (Å²) in [6, 6.07) is 8.54. The van der Waals surface area contributed by atoms with Crippen molar-refractivity contribution in [3.8, 4) is 0 Å². The number of nitrogens with zero attached hydrogens (tertiary/aromatic N) is 2. The molecule has 3 saturated heterocycles. The van der Waals surface area contributed by atoms with Crippen LogP contribution in [0.5, 0.6) is 0 Å². The van der Waals surface area contributed by atoms with E-state index in [1.807, 2.05) is 24.3 Å². The maximum Gasteiger partial charge on any atom is 0.257 e. The molecule has 4 nitrogen and oxygen atoms in total. The molecule has 4 unspecified atom stereocenters. The minimum Gasteiger partial charge on any atom is -0.342 e. The molecular formula is C23H28BrN3OS. The highest BCUT2D eigenvalue weighted by molar-refractivity contribution is 9.10. The van der Waals surface area contributed by atoms with Gasteiger partial charge in [-0.05, 0) is 87.0 Å². The predicted molar refractivity (Wildman–Crippen MR) is 123 cm³/mol. The molecule has 3 fully saturated rings. The van der Waals surface area contributed by atoms with Gasteiger partial charge in [-0.3, -0.25) is 15.0 Å². The van der Waals surface area contributed by atoms with Crippen molar-refractivity contribution in [1.29, 1.82) is 0 Å². The van der Waals surface area contributed by atoms with E-state index in [0.29, 0.717) is 28.6 Å². The average molecular weight is 474 g/mol. The molecule has 154 valence electrons. The van der Waals surface area contributed by atoms with Gasteiger partial charge in [-0.25, -0.2) is 0 Å². The van der Waals surface area contributed by atoms with Crippen LogP contribution in [0.4, 0.5) is 0 Å². The first-order valence-electron chi connectivity index (χ1n) is 10.9. The number of thiocarbonyl (C=S) groups is 1. The lowest BCUT2D eigenvalue weighted by molar-refractivity contribution is 0.0127. The standard InChI is InChI=1S/C23H28BrN3OS/c24-19-8-6-15(7-9-19)22(28)25-23(29)27-11-3-4-16-12-17-13-18(21(16)27)14-26-10-2-1-5-20(17)26/h6-9,12,17-18,20-21H,1-5,10-11,13-14H2,(H,25,28,29). The van der Waals surface area contributed by atoms with E-state index in [0.717, 1.165) is 23.5 Å². The molecule has 3 aliphatic heterocycles. The Balaban J connectivity index is 1.34. The summed E-state index contributed by atoms with van der Waals surface area (Å²) in [7, 11) is 0. The number of benzene rings is 1. The summed E-state index contributed by atoms with van der Waals surface area (Å²) in [5.74, 6) is 1.22. The molecule has 1 N–H and O–H groups in total. The van der Waals surface area contributed by atoms with Crippen LogP contribution in [0.2, 0.25) is 0 Å². The van der Waals surface area contributed by atoms with Gasteiger partial charge in [0.05, 0.1) is 6.04 Å². The lowest BCUT2D eigenvalue weighted by Gasteiger charge is -2.55. The van der Waals surface area contributed by atoms with E-state index in [1.165, 1.54) is 45.2 Å². The van der Waals surface area contributed by atoms with Crippen molar-refractivity contribution in [3.63, 3.8) is 0 Å². The number of hydrogen-bond acceptors (Lipinski definition) is 3. The lowest BCUT2D eigenvalue weighted by Crippen LogP contribution is -2.61. The van der Waals surface area contributed by atoms with Crippen LogP contribution in [0.15, 0.2) is 40.4 Å². The number of fused-ring (bicyclic) bond motifs is 6. The highest BCUT2D eigenvalue weighted by atomic mass is 79.9. The van der Waals surface area contributed by atoms with Crippen molar-refractivity contribution >= 4 is 39.2 Å². The number of nitrogens with one attached hydrogen (secondary N) is 1. The number of likely N-dealkylation sites (tertiary alicyclic amines) is 1. The van der Waals surface area contributed by atoms with Crippen molar-refractivity contribution in [3.05, 3.63) is 46.0 Å². The summed E-state index contributed by atoms with van der Waals surface area (Å²) >= 11 is 9.17. The van der Waals surface area contributed by atoms with Crippen LogP contribution >= 0.6 is 28.1 Å². The Bertz CT molecular complexity index is 839. The maximum absolute atomic E-state index is 12.7. The van der Waals surface area contributed by atoms with Crippen molar-refractivity contribution in [2.75, 3.05) is 19.6 Å². The second-order valence-electron chi connectivity index (χ2n) is 8.97. The van der Waals surface area contributed by atoms with Gasteiger partial charge in [0.25, 0.3) is 5.91 Å². The smallest absolute Gasteiger partial charge is 0.257 e. The van der Waals surface area contributed by atoms with Crippen molar-refractivity contribution in [2.24, 2.45) is 11.8 Å². The van der Waals surface area contributed by atoms with E-state index in [-0.39, 0.29) is 5.91 Å². The van der Waals surface area contributed by atoms with Crippen LogP contribution in [0.25, 0.3) is 0 Å². The largest absolute Gasteiger partial charge is 0.342 e. The van der Waals surface area contributed by atoms with E-state index < -0.39 is 0 Å². The second-order valence-corrected chi connectivity index (χ2v) is 10.3. The number of rotatable bonds is 1. The van der Waals surface area contributed by atoms with Gasteiger partial charge in [-0.2, -0.15) is 0 Å². The zero-order valence-electron chi connectivity index (χ0n) is 16.6. The van der Waals surface area contributed by atoms with Gasteiger partial charge in [0.1, 0.15) is 0 Å². The molecular weight excluding hydrogens is 446 g/mol. The fraction of sp³-hybridized carbons (Fsp3) is 0.565. The second kappa shape index (κ2) is 8.12. The van der Waals surface area contributed by atoms with Gasteiger partial charge >= 0.3 is 0 Å². The molecule has 0 spiro atoms. The summed E-state index contributed by atoms with van der Waals surface area (Å²) in [6.45, 7) is 3.37. The van der Waals surface area contributed by atoms with Crippen LogP contribution < -0.4 is 5.32 Å². The Labute approximate surface area is 186 Å². The van der Waals surface area contributed by atoms with Crippen LogP contribution in [0.1, 0.15) is 48.9 Å². The molecule has 1 amide bonds. The van der Waals surface area contributed by atoms with Crippen LogP contribution in [-0.4, -0.2) is 52.5 Å². The maximum atomic E-state index is 12.7. The number of hydrogen-bond donors (Lipinski definition) is 1. The van der Waals surface area contributed by atoms with Crippen molar-refractivity contribution in [2.45, 2.75) is 50.6 Å². The molecule has 6 heteroatoms. The van der Waals surface area contributed by atoms with Crippen LogP contribution in [0, 0.1) is 11.8 Å². The first-order valence-corrected chi connectivity index (χ1v) is 12.1. The Hall–Kier alpha value is -1.24. The fourth-order valence-electron chi connectivity index (χ4n) is 6.04. The van der Waals surface area contributed by atoms with Gasteiger partial charge in [0.15, 0.2) is 5.11 Å². The number of halogens is 1. The Morgan fingerprint density at radius 1 is 1.14 bits per heavy atom. The monoisotopic (exact) mass is 473 g/mol. The van der Waals surface area contributed by atoms with Gasteiger partial charge in [-0.1, -0.05) is 34.0 Å². The summed E-state index contributed by atoms with van der Waals surface area (Å²) in [5, 5.41) is 3.60. The van der Waals surface area contributed by atoms with Gasteiger partial charge in [0.2, 0.25) is 0 Å². The topological polar surface area (TPSA) is 35.6 Å². The van der Waals surface area contributed by atoms with Crippen LogP contribution in [-0.2, 0) is 0 Å². The minimum atomic E-state index is -0.118. The molecule has 4 aliphatic rings. The first-order chi connectivity index (χ1) is 14.1. The lowest BCUT2D eigenvalue weighted by atomic mass is 9.68. The summed E-state index contributed by atoms with van der Waals surface area (Å²) in [4.78, 5) is 17.8. The number of carbonyl (C=O) groups is 1. The number of amides is 1. The molecule has 29 heavy (non-hydrogen) atoms. The highest BCUT2D eigenvalue weighted by Crippen LogP contribution is 2.45. The van der Waals surface area contributed by atoms with E-state index in [2.05, 4.69) is 37.1 Å². The molecule has 5 rings (SSSR count). The molecule has 2 bridgehead atoms. The molecule has 1 aliphatic carbocycles. The molecule has 0 aromatic heterocycles. The quantitative estimate of drug-likeness (QED) is 0.485. The number of piperidine rings is 3. The third kappa shape index (κ3) is 3.79. The Kier molecular flexibility index (Phi) is 5.52. The Morgan fingerprint density at radius 2 is 1.97 bits per heavy atom. The van der Waals surface area contributed by atoms with Crippen molar-refractivity contribution < 1.29 is 4.79 Å². The average Bonchev–Trinajstić information content (AvgIpc) is 2.74. The SMILES string of the molecule is O=C(NC(=S)N1CCCC2=CC3CC(CN4CCCCC34)C21)c1ccc(Br)cc1. The predicted octanol–water partition coefficient (Wildman–Crippen LogP) is 4.36. The molecule has 3 heterocycles. The first kappa shape index (κ1) is 19.7. The van der Waals surface area contributed by atoms with E-state index in [4.69, 9.17) is 12.2 Å². The third-order valence-corrected chi connectivity index (χ3v) is 8.11. The molecule has 0 radical (unpaired) electrons. The van der Waals surface area contributed by atoms with Crippen molar-refractivity contribution in [1.82, 2.24) is 15.1 Å². The van der Waals surface area contributed by atoms with Gasteiger partial charge < -0.3 is 4.90 Å². The minimum absolute atomic E-state index is 0.118. The van der Waals surface area contributed by atoms with E-state index >= 15 is 0 Å². The molecule has 4 atom stereocenters. The highest BCUT2D eigenvalue weighted by Gasteiger charge is 2.46. The number of carbonyl (C=O) groups excluding carboxylic acids is 1. The molecule has 0 saturated carbocycles. The third-order valence-electron chi connectivity index (χ3n) is 7.24. The van der Waals surface area contributed by atoms with Crippen LogP contribution in [0.3, 0.4) is 0 Å². The molecule has 1 aromatic rings. The van der Waals surface area contributed by atoms with Gasteiger partial charge in [-0.15, -0.1) is 0 Å². The summed E-state index contributed by atoms with van der Waals surface area (Å²) in [6.07, 6.45) is 10.2. The summed E-state index contributed by atoms with van der Waals surface area (Å²) in [5.41, 5.74) is 2.21.